The van der Waals surface area contributed by atoms with E-state index in [0.717, 1.165) is 0 Å². The number of pyridine rings is 1. The van der Waals surface area contributed by atoms with Gasteiger partial charge in [-0.25, -0.2) is 4.98 Å². The molecule has 0 saturated heterocycles. The third-order valence-corrected chi connectivity index (χ3v) is 3.13. The summed E-state index contributed by atoms with van der Waals surface area (Å²) in [4.78, 5) is 15.1. The minimum absolute atomic E-state index is 0.0226. The molecule has 0 amide bonds. The fourth-order valence-electron chi connectivity index (χ4n) is 2.25. The van der Waals surface area contributed by atoms with E-state index in [0.29, 0.717) is 22.6 Å². The van der Waals surface area contributed by atoms with Crippen LogP contribution < -0.4 is 0 Å². The third kappa shape index (κ3) is 1.83. The first-order chi connectivity index (χ1) is 9.72. The van der Waals surface area contributed by atoms with E-state index in [2.05, 4.69) is 4.98 Å². The van der Waals surface area contributed by atoms with Crippen LogP contribution in [0.2, 0.25) is 0 Å². The van der Waals surface area contributed by atoms with Crippen LogP contribution in [0.15, 0.2) is 48.7 Å². The number of aliphatic hydroxyl groups excluding tert-OH is 1. The molecular weight excluding hydrogens is 258 g/mol. The van der Waals surface area contributed by atoms with Crippen molar-refractivity contribution in [2.75, 3.05) is 0 Å². The van der Waals surface area contributed by atoms with Crippen molar-refractivity contribution in [2.24, 2.45) is 0 Å². The van der Waals surface area contributed by atoms with Gasteiger partial charge < -0.3 is 9.51 Å². The van der Waals surface area contributed by atoms with Gasteiger partial charge in [-0.3, -0.25) is 10.1 Å². The molecule has 3 aromatic rings. The van der Waals surface area contributed by atoms with Crippen LogP contribution in [-0.4, -0.2) is 19.4 Å². The monoisotopic (exact) mass is 269 g/mol. The van der Waals surface area contributed by atoms with Gasteiger partial charge in [0.25, 0.3) is 5.69 Å². The predicted octanol–water partition coefficient (Wildman–Crippen LogP) is 2.40. The van der Waals surface area contributed by atoms with E-state index in [4.69, 9.17) is 0 Å². The van der Waals surface area contributed by atoms with Gasteiger partial charge in [0.05, 0.1) is 22.8 Å². The normalized spacial score (nSPS) is 10.8. The van der Waals surface area contributed by atoms with Crippen LogP contribution in [0.5, 0.6) is 0 Å². The first-order valence-electron chi connectivity index (χ1n) is 6.03. The lowest BCUT2D eigenvalue weighted by Crippen LogP contribution is -1.96. The molecule has 3 rings (SSSR count). The van der Waals surface area contributed by atoms with Gasteiger partial charge in [-0.15, -0.1) is 0 Å². The van der Waals surface area contributed by atoms with E-state index >= 15 is 0 Å². The van der Waals surface area contributed by atoms with Crippen molar-refractivity contribution in [1.82, 2.24) is 9.38 Å². The molecule has 0 atom stereocenters. The zero-order valence-electron chi connectivity index (χ0n) is 10.4. The molecule has 100 valence electrons. The van der Waals surface area contributed by atoms with Crippen molar-refractivity contribution in [1.29, 1.82) is 0 Å². The second-order valence-corrected chi connectivity index (χ2v) is 4.27. The lowest BCUT2D eigenvalue weighted by atomic mass is 10.1. The fraction of sp³-hybridized carbons (Fsp3) is 0.0714. The number of nitrogens with zero attached hydrogens (tertiary/aromatic N) is 3. The van der Waals surface area contributed by atoms with Crippen LogP contribution in [0.3, 0.4) is 0 Å². The number of hydrogen-bond donors (Lipinski definition) is 1. The van der Waals surface area contributed by atoms with E-state index in [1.807, 2.05) is 12.1 Å². The zero-order valence-corrected chi connectivity index (χ0v) is 10.4. The maximum absolute atomic E-state index is 11.1. The van der Waals surface area contributed by atoms with Crippen molar-refractivity contribution >= 4 is 11.3 Å². The molecule has 0 spiro atoms. The van der Waals surface area contributed by atoms with Crippen molar-refractivity contribution in [3.05, 3.63) is 64.5 Å². The van der Waals surface area contributed by atoms with Crippen molar-refractivity contribution in [3.63, 3.8) is 0 Å². The Kier molecular flexibility index (Phi) is 2.92. The molecule has 0 fully saturated rings. The minimum Gasteiger partial charge on any atom is -0.390 e. The molecule has 1 aromatic carbocycles. The first kappa shape index (κ1) is 12.3. The molecular formula is C14H11N3O3. The highest BCUT2D eigenvalue weighted by atomic mass is 16.6. The van der Waals surface area contributed by atoms with Crippen LogP contribution in [0, 0.1) is 10.1 Å². The molecule has 0 aliphatic rings. The van der Waals surface area contributed by atoms with Gasteiger partial charge in [-0.1, -0.05) is 18.2 Å². The van der Waals surface area contributed by atoms with E-state index in [-0.39, 0.29) is 12.3 Å². The topological polar surface area (TPSA) is 80.7 Å². The Morgan fingerprint density at radius 1 is 1.20 bits per heavy atom. The van der Waals surface area contributed by atoms with Gasteiger partial charge in [0.1, 0.15) is 11.3 Å². The number of imidazole rings is 1. The van der Waals surface area contributed by atoms with E-state index in [9.17, 15) is 15.2 Å². The Labute approximate surface area is 114 Å². The smallest absolute Gasteiger partial charge is 0.278 e. The van der Waals surface area contributed by atoms with Gasteiger partial charge in [-0.2, -0.15) is 0 Å². The lowest BCUT2D eigenvalue weighted by molar-refractivity contribution is -0.384. The number of fused-ring (bicyclic) bond motifs is 1. The maximum Gasteiger partial charge on any atom is 0.278 e. The van der Waals surface area contributed by atoms with Gasteiger partial charge in [0.2, 0.25) is 0 Å². The highest BCUT2D eigenvalue weighted by molar-refractivity contribution is 5.74. The van der Waals surface area contributed by atoms with E-state index in [1.54, 1.807) is 34.9 Å². The van der Waals surface area contributed by atoms with Gasteiger partial charge >= 0.3 is 0 Å². The summed E-state index contributed by atoms with van der Waals surface area (Å²) in [6, 6.07) is 11.8. The number of rotatable bonds is 3. The highest BCUT2D eigenvalue weighted by Gasteiger charge is 2.20. The molecule has 2 heterocycles. The molecule has 6 nitrogen and oxygen atoms in total. The molecule has 20 heavy (non-hydrogen) atoms. The SMILES string of the molecule is O=[N+]([O-])c1ccccc1-c1nc2ccccn2c1CO. The molecule has 0 saturated carbocycles. The van der Waals surface area contributed by atoms with Crippen LogP contribution in [-0.2, 0) is 6.61 Å². The Morgan fingerprint density at radius 2 is 1.95 bits per heavy atom. The Morgan fingerprint density at radius 3 is 2.70 bits per heavy atom. The Bertz CT molecular complexity index is 795. The molecule has 0 radical (unpaired) electrons. The molecule has 1 N–H and O–H groups in total. The fourth-order valence-corrected chi connectivity index (χ4v) is 2.25. The molecule has 6 heteroatoms. The third-order valence-electron chi connectivity index (χ3n) is 3.13. The van der Waals surface area contributed by atoms with Crippen molar-refractivity contribution in [2.45, 2.75) is 6.61 Å². The number of aliphatic hydroxyl groups is 1. The molecule has 0 aliphatic heterocycles. The summed E-state index contributed by atoms with van der Waals surface area (Å²) < 4.78 is 1.73. The summed E-state index contributed by atoms with van der Waals surface area (Å²) >= 11 is 0. The summed E-state index contributed by atoms with van der Waals surface area (Å²) in [5.41, 5.74) is 2.00. The van der Waals surface area contributed by atoms with Gasteiger partial charge in [-0.05, 0) is 18.2 Å². The van der Waals surface area contributed by atoms with Crippen molar-refractivity contribution in [3.8, 4) is 11.3 Å². The lowest BCUT2D eigenvalue weighted by Gasteiger charge is -2.02. The molecule has 2 aromatic heterocycles. The second kappa shape index (κ2) is 4.75. The number of nitro groups is 1. The van der Waals surface area contributed by atoms with Crippen LogP contribution in [0.1, 0.15) is 5.69 Å². The summed E-state index contributed by atoms with van der Waals surface area (Å²) in [5, 5.41) is 20.7. The summed E-state index contributed by atoms with van der Waals surface area (Å²) in [6.07, 6.45) is 1.77. The van der Waals surface area contributed by atoms with E-state index < -0.39 is 4.92 Å². The molecule has 0 bridgehead atoms. The molecule has 0 aliphatic carbocycles. The van der Waals surface area contributed by atoms with Crippen molar-refractivity contribution < 1.29 is 10.0 Å². The standard InChI is InChI=1S/C14H11N3O3/c18-9-12-14(15-13-7-3-4-8-16(12)13)10-5-1-2-6-11(10)17(19)20/h1-8,18H,9H2. The zero-order chi connectivity index (χ0) is 14.1. The number of hydrogen-bond acceptors (Lipinski definition) is 4. The largest absolute Gasteiger partial charge is 0.390 e. The number of benzene rings is 1. The first-order valence-corrected chi connectivity index (χ1v) is 6.03. The molecule has 0 unspecified atom stereocenters. The quantitative estimate of drug-likeness (QED) is 0.584. The van der Waals surface area contributed by atoms with Crippen LogP contribution in [0.25, 0.3) is 16.9 Å². The maximum atomic E-state index is 11.1. The highest BCUT2D eigenvalue weighted by Crippen LogP contribution is 2.31. The van der Waals surface area contributed by atoms with Crippen LogP contribution in [0.4, 0.5) is 5.69 Å². The Balaban J connectivity index is 2.32. The summed E-state index contributed by atoms with van der Waals surface area (Å²) in [6.45, 7) is -0.243. The number of aromatic nitrogens is 2. The average Bonchev–Trinajstić information content (AvgIpc) is 2.85. The average molecular weight is 269 g/mol. The van der Waals surface area contributed by atoms with Gasteiger partial charge in [0.15, 0.2) is 0 Å². The van der Waals surface area contributed by atoms with Crippen LogP contribution >= 0.6 is 0 Å². The summed E-state index contributed by atoms with van der Waals surface area (Å²) in [5.74, 6) is 0. The minimum atomic E-state index is -0.444. The Hall–Kier alpha value is -2.73. The number of nitro benzene ring substituents is 1. The van der Waals surface area contributed by atoms with Gasteiger partial charge in [0, 0.05) is 12.3 Å². The number of para-hydroxylation sites is 1. The predicted molar refractivity (Wildman–Crippen MR) is 73.2 cm³/mol. The summed E-state index contributed by atoms with van der Waals surface area (Å²) in [7, 11) is 0. The second-order valence-electron chi connectivity index (χ2n) is 4.27. The van der Waals surface area contributed by atoms with E-state index in [1.165, 1.54) is 6.07 Å².